The lowest BCUT2D eigenvalue weighted by Gasteiger charge is -2.19. The third-order valence-electron chi connectivity index (χ3n) is 4.18. The van der Waals surface area contributed by atoms with Gasteiger partial charge in [-0.15, -0.1) is 0 Å². The number of aryl methyl sites for hydroxylation is 1. The van der Waals surface area contributed by atoms with E-state index in [0.717, 1.165) is 11.3 Å². The van der Waals surface area contributed by atoms with Crippen LogP contribution in [-0.4, -0.2) is 22.8 Å². The third-order valence-corrected chi connectivity index (χ3v) is 4.18. The van der Waals surface area contributed by atoms with Gasteiger partial charge in [0.1, 0.15) is 0 Å². The van der Waals surface area contributed by atoms with Gasteiger partial charge in [-0.1, -0.05) is 18.2 Å². The second kappa shape index (κ2) is 4.58. The van der Waals surface area contributed by atoms with Gasteiger partial charge < -0.3 is 9.47 Å². The van der Waals surface area contributed by atoms with Crippen LogP contribution in [-0.2, 0) is 17.3 Å². The number of hydrogen-bond acceptors (Lipinski definition) is 2. The zero-order chi connectivity index (χ0) is 15.2. The zero-order valence-electron chi connectivity index (χ0n) is 12.5. The van der Waals surface area contributed by atoms with Crippen LogP contribution >= 0.6 is 0 Å². The number of anilines is 1. The minimum atomic E-state index is -0.578. The molecular formula is C17H18N2O2. The molecule has 3 rings (SSSR count). The van der Waals surface area contributed by atoms with Gasteiger partial charge in [-0.2, -0.15) is 0 Å². The zero-order valence-corrected chi connectivity index (χ0v) is 12.5. The van der Waals surface area contributed by atoms with Crippen molar-refractivity contribution in [2.24, 2.45) is 7.05 Å². The number of amides is 1. The molecule has 2 heterocycles. The van der Waals surface area contributed by atoms with E-state index < -0.39 is 5.41 Å². The van der Waals surface area contributed by atoms with Crippen LogP contribution in [0.25, 0.3) is 0 Å². The minimum Gasteiger partial charge on any atom is -0.348 e. The lowest BCUT2D eigenvalue weighted by atomic mass is 9.86. The van der Waals surface area contributed by atoms with Crippen molar-refractivity contribution >= 4 is 17.4 Å². The lowest BCUT2D eigenvalue weighted by Crippen LogP contribution is -2.39. The molecule has 1 amide bonds. The van der Waals surface area contributed by atoms with Gasteiger partial charge in [-0.05, 0) is 37.6 Å². The number of ketones is 1. The van der Waals surface area contributed by atoms with Gasteiger partial charge in [0.25, 0.3) is 0 Å². The smallest absolute Gasteiger partial charge is 0.237 e. The van der Waals surface area contributed by atoms with Crippen molar-refractivity contribution < 1.29 is 9.59 Å². The van der Waals surface area contributed by atoms with Crippen molar-refractivity contribution in [1.82, 2.24) is 4.57 Å². The number of rotatable bonds is 3. The van der Waals surface area contributed by atoms with Crippen LogP contribution in [0.15, 0.2) is 42.6 Å². The first-order chi connectivity index (χ1) is 9.93. The Balaban J connectivity index is 1.95. The first-order valence-electron chi connectivity index (χ1n) is 6.99. The summed E-state index contributed by atoms with van der Waals surface area (Å²) in [7, 11) is 1.83. The molecule has 0 saturated carbocycles. The van der Waals surface area contributed by atoms with E-state index in [0.29, 0.717) is 5.69 Å². The van der Waals surface area contributed by atoms with E-state index in [2.05, 4.69) is 0 Å². The van der Waals surface area contributed by atoms with Crippen molar-refractivity contribution in [2.75, 3.05) is 11.4 Å². The number of benzene rings is 1. The van der Waals surface area contributed by atoms with E-state index in [9.17, 15) is 9.59 Å². The van der Waals surface area contributed by atoms with Gasteiger partial charge in [0.15, 0.2) is 5.78 Å². The van der Waals surface area contributed by atoms with E-state index in [-0.39, 0.29) is 18.2 Å². The first-order valence-corrected chi connectivity index (χ1v) is 6.99. The molecule has 0 N–H and O–H groups in total. The minimum absolute atomic E-state index is 0.0220. The molecule has 108 valence electrons. The van der Waals surface area contributed by atoms with Gasteiger partial charge in [0, 0.05) is 18.9 Å². The molecule has 0 spiro atoms. The van der Waals surface area contributed by atoms with Crippen molar-refractivity contribution in [3.8, 4) is 0 Å². The maximum absolute atomic E-state index is 12.6. The molecular weight excluding hydrogens is 264 g/mol. The second-order valence-corrected chi connectivity index (χ2v) is 5.96. The summed E-state index contributed by atoms with van der Waals surface area (Å²) in [6, 6.07) is 11.3. The molecule has 1 aliphatic rings. The molecule has 0 atom stereocenters. The number of para-hydroxylation sites is 1. The first kappa shape index (κ1) is 13.6. The van der Waals surface area contributed by atoms with Crippen molar-refractivity contribution in [3.63, 3.8) is 0 Å². The fourth-order valence-corrected chi connectivity index (χ4v) is 2.93. The number of nitrogens with zero attached hydrogens (tertiary/aromatic N) is 2. The van der Waals surface area contributed by atoms with Crippen LogP contribution in [0, 0.1) is 0 Å². The SMILES string of the molecule is Cn1cccc1C(=O)CN1C(=O)C(C)(C)c2ccccc21. The highest BCUT2D eigenvalue weighted by Crippen LogP contribution is 2.41. The summed E-state index contributed by atoms with van der Waals surface area (Å²) >= 11 is 0. The highest BCUT2D eigenvalue weighted by molar-refractivity contribution is 6.12. The molecule has 0 bridgehead atoms. The molecule has 4 nitrogen and oxygen atoms in total. The molecule has 4 heteroatoms. The molecule has 0 radical (unpaired) electrons. The van der Waals surface area contributed by atoms with Gasteiger partial charge in [-0.3, -0.25) is 9.59 Å². The quantitative estimate of drug-likeness (QED) is 0.812. The van der Waals surface area contributed by atoms with E-state index in [1.54, 1.807) is 15.5 Å². The molecule has 0 aliphatic carbocycles. The molecule has 1 aromatic heterocycles. The van der Waals surface area contributed by atoms with Gasteiger partial charge >= 0.3 is 0 Å². The molecule has 21 heavy (non-hydrogen) atoms. The van der Waals surface area contributed by atoms with Gasteiger partial charge in [-0.25, -0.2) is 0 Å². The van der Waals surface area contributed by atoms with Gasteiger partial charge in [0.05, 0.1) is 17.7 Å². The summed E-state index contributed by atoms with van der Waals surface area (Å²) < 4.78 is 1.78. The van der Waals surface area contributed by atoms with Crippen LogP contribution in [0.2, 0.25) is 0 Å². The predicted octanol–water partition coefficient (Wildman–Crippen LogP) is 2.53. The summed E-state index contributed by atoms with van der Waals surface area (Å²) in [5, 5.41) is 0. The van der Waals surface area contributed by atoms with Crippen LogP contribution in [0.1, 0.15) is 29.9 Å². The van der Waals surface area contributed by atoms with Crippen LogP contribution in [0.4, 0.5) is 5.69 Å². The Morgan fingerprint density at radius 2 is 1.86 bits per heavy atom. The largest absolute Gasteiger partial charge is 0.348 e. The Bertz CT molecular complexity index is 728. The summed E-state index contributed by atoms with van der Waals surface area (Å²) in [6.45, 7) is 3.89. The number of carbonyl (C=O) groups is 2. The van der Waals surface area contributed by atoms with Crippen LogP contribution < -0.4 is 4.90 Å². The molecule has 0 unspecified atom stereocenters. The highest BCUT2D eigenvalue weighted by Gasteiger charge is 2.44. The summed E-state index contributed by atoms with van der Waals surface area (Å²) in [4.78, 5) is 26.7. The van der Waals surface area contributed by atoms with Crippen LogP contribution in [0.5, 0.6) is 0 Å². The topological polar surface area (TPSA) is 42.3 Å². The van der Waals surface area contributed by atoms with Crippen molar-refractivity contribution in [3.05, 3.63) is 53.9 Å². The molecule has 0 fully saturated rings. The highest BCUT2D eigenvalue weighted by atomic mass is 16.2. The van der Waals surface area contributed by atoms with E-state index in [1.807, 2.05) is 57.4 Å². The van der Waals surface area contributed by atoms with Crippen molar-refractivity contribution in [2.45, 2.75) is 19.3 Å². The Hall–Kier alpha value is -2.36. The number of Topliss-reactive ketones (excluding diaryl/α,β-unsaturated/α-hetero) is 1. The maximum atomic E-state index is 12.6. The van der Waals surface area contributed by atoms with Gasteiger partial charge in [0.2, 0.25) is 5.91 Å². The lowest BCUT2D eigenvalue weighted by molar-refractivity contribution is -0.122. The average Bonchev–Trinajstić information content (AvgIpc) is 2.96. The fraction of sp³-hybridized carbons (Fsp3) is 0.294. The monoisotopic (exact) mass is 282 g/mol. The van der Waals surface area contributed by atoms with Crippen molar-refractivity contribution in [1.29, 1.82) is 0 Å². The number of hydrogen-bond donors (Lipinski definition) is 0. The molecule has 1 aliphatic heterocycles. The van der Waals surface area contributed by atoms with Crippen LogP contribution in [0.3, 0.4) is 0 Å². The number of carbonyl (C=O) groups excluding carboxylic acids is 2. The normalized spacial score (nSPS) is 16.1. The summed E-state index contributed by atoms with van der Waals surface area (Å²) in [5.41, 5.74) is 1.86. The third kappa shape index (κ3) is 1.98. The molecule has 1 aromatic carbocycles. The Labute approximate surface area is 124 Å². The predicted molar refractivity (Wildman–Crippen MR) is 81.6 cm³/mol. The second-order valence-electron chi connectivity index (χ2n) is 5.96. The number of aromatic nitrogens is 1. The Morgan fingerprint density at radius 3 is 2.52 bits per heavy atom. The van der Waals surface area contributed by atoms with E-state index in [1.165, 1.54) is 0 Å². The molecule has 0 saturated heterocycles. The van der Waals surface area contributed by atoms with E-state index in [4.69, 9.17) is 0 Å². The standard InChI is InChI=1S/C17H18N2O2/c1-17(2)12-7-4-5-8-13(12)19(16(17)21)11-15(20)14-9-6-10-18(14)3/h4-10H,11H2,1-3H3. The summed E-state index contributed by atoms with van der Waals surface area (Å²) in [5.74, 6) is -0.0744. The van der Waals surface area contributed by atoms with E-state index >= 15 is 0 Å². The fourth-order valence-electron chi connectivity index (χ4n) is 2.93. The maximum Gasteiger partial charge on any atom is 0.237 e. The molecule has 2 aromatic rings. The Kier molecular flexibility index (Phi) is 2.97. The Morgan fingerprint density at radius 1 is 1.14 bits per heavy atom. The number of fused-ring (bicyclic) bond motifs is 1. The summed E-state index contributed by atoms with van der Waals surface area (Å²) in [6.07, 6.45) is 1.83. The average molecular weight is 282 g/mol.